The van der Waals surface area contributed by atoms with Crippen molar-refractivity contribution in [2.24, 2.45) is 5.92 Å². The maximum absolute atomic E-state index is 11.7. The highest BCUT2D eigenvalue weighted by Crippen LogP contribution is 2.27. The van der Waals surface area contributed by atoms with Crippen LogP contribution in [0.5, 0.6) is 0 Å². The van der Waals surface area contributed by atoms with Gasteiger partial charge in [0.05, 0.1) is 6.04 Å². The minimum Gasteiger partial charge on any atom is -0.358 e. The molecule has 1 rings (SSSR count). The topological polar surface area (TPSA) is 41.1 Å². The Morgan fingerprint density at radius 2 is 1.57 bits per heavy atom. The van der Waals surface area contributed by atoms with E-state index in [9.17, 15) is 4.79 Å². The highest BCUT2D eigenvalue weighted by Gasteiger charge is 2.22. The van der Waals surface area contributed by atoms with Crippen LogP contribution in [0.4, 0.5) is 0 Å². The fourth-order valence-electron chi connectivity index (χ4n) is 2.43. The number of benzene rings is 1. The third-order valence-corrected chi connectivity index (χ3v) is 3.87. The quantitative estimate of drug-likeness (QED) is 0.872. The normalized spacial score (nSPS) is 14.9. The zero-order chi connectivity index (χ0) is 16.2. The van der Waals surface area contributed by atoms with Crippen molar-refractivity contribution in [3.63, 3.8) is 0 Å². The summed E-state index contributed by atoms with van der Waals surface area (Å²) in [5.74, 6) is 0.435. The molecule has 0 unspecified atom stereocenters. The monoisotopic (exact) mass is 290 g/mol. The fourth-order valence-corrected chi connectivity index (χ4v) is 2.43. The second kappa shape index (κ2) is 7.08. The molecule has 0 aliphatic heterocycles. The van der Waals surface area contributed by atoms with Crippen molar-refractivity contribution in [2.45, 2.75) is 59.0 Å². The van der Waals surface area contributed by atoms with Gasteiger partial charge < -0.3 is 5.32 Å². The van der Waals surface area contributed by atoms with Crippen LogP contribution in [-0.4, -0.2) is 19.0 Å². The summed E-state index contributed by atoms with van der Waals surface area (Å²) < 4.78 is 0. The van der Waals surface area contributed by atoms with E-state index in [0.29, 0.717) is 5.92 Å². The van der Waals surface area contributed by atoms with Crippen LogP contribution in [0.25, 0.3) is 0 Å². The van der Waals surface area contributed by atoms with Gasteiger partial charge in [-0.1, -0.05) is 58.9 Å². The standard InChI is InChI=1S/C18H30N2O/c1-12(2)16(20-13(3)17(21)19-7)14-8-10-15(11-9-14)18(4,5)6/h8-13,16,20H,1-7H3,(H,19,21)/t13-,16+/m0/s1. The number of carbonyl (C=O) groups excluding carboxylic acids is 1. The van der Waals surface area contributed by atoms with Crippen molar-refractivity contribution in [1.82, 2.24) is 10.6 Å². The Kier molecular flexibility index (Phi) is 5.97. The lowest BCUT2D eigenvalue weighted by Gasteiger charge is -2.27. The third-order valence-electron chi connectivity index (χ3n) is 3.87. The number of amides is 1. The second-order valence-corrected chi connectivity index (χ2v) is 7.10. The van der Waals surface area contributed by atoms with E-state index in [0.717, 1.165) is 0 Å². The summed E-state index contributed by atoms with van der Waals surface area (Å²) in [4.78, 5) is 11.7. The first-order valence-corrected chi connectivity index (χ1v) is 7.75. The van der Waals surface area contributed by atoms with Crippen molar-refractivity contribution >= 4 is 5.91 Å². The molecule has 0 radical (unpaired) electrons. The van der Waals surface area contributed by atoms with Crippen LogP contribution in [0.3, 0.4) is 0 Å². The van der Waals surface area contributed by atoms with Crippen molar-refractivity contribution < 1.29 is 4.79 Å². The van der Waals surface area contributed by atoms with Gasteiger partial charge in [-0.15, -0.1) is 0 Å². The molecule has 0 fully saturated rings. The highest BCUT2D eigenvalue weighted by atomic mass is 16.2. The first kappa shape index (κ1) is 17.7. The predicted octanol–water partition coefficient (Wildman–Crippen LogP) is 3.41. The lowest BCUT2D eigenvalue weighted by molar-refractivity contribution is -0.122. The summed E-state index contributed by atoms with van der Waals surface area (Å²) in [5, 5.41) is 6.12. The Hall–Kier alpha value is -1.35. The average Bonchev–Trinajstić information content (AvgIpc) is 2.42. The molecule has 0 aromatic heterocycles. The molecule has 21 heavy (non-hydrogen) atoms. The van der Waals surface area contributed by atoms with Gasteiger partial charge in [0.2, 0.25) is 5.91 Å². The Bertz CT molecular complexity index is 457. The van der Waals surface area contributed by atoms with Gasteiger partial charge in [-0.2, -0.15) is 0 Å². The molecule has 0 aliphatic rings. The molecular formula is C18H30N2O. The Morgan fingerprint density at radius 1 is 1.05 bits per heavy atom. The molecule has 1 amide bonds. The van der Waals surface area contributed by atoms with Crippen LogP contribution < -0.4 is 10.6 Å². The van der Waals surface area contributed by atoms with E-state index in [1.54, 1.807) is 7.05 Å². The van der Waals surface area contributed by atoms with Crippen molar-refractivity contribution in [1.29, 1.82) is 0 Å². The SMILES string of the molecule is CNC(=O)[C@H](C)N[C@@H](c1ccc(C(C)(C)C)cc1)C(C)C. The molecule has 0 saturated heterocycles. The number of hydrogen-bond acceptors (Lipinski definition) is 2. The van der Waals surface area contributed by atoms with E-state index in [1.807, 2.05) is 6.92 Å². The summed E-state index contributed by atoms with van der Waals surface area (Å²) in [5.41, 5.74) is 2.72. The van der Waals surface area contributed by atoms with Crippen molar-refractivity contribution in [3.8, 4) is 0 Å². The number of hydrogen-bond donors (Lipinski definition) is 2. The molecule has 3 heteroatoms. The average molecular weight is 290 g/mol. The predicted molar refractivity (Wildman–Crippen MR) is 89.4 cm³/mol. The molecule has 0 spiro atoms. The van der Waals surface area contributed by atoms with Crippen LogP contribution in [0.1, 0.15) is 58.7 Å². The second-order valence-electron chi connectivity index (χ2n) is 7.10. The van der Waals surface area contributed by atoms with Crippen LogP contribution in [0.15, 0.2) is 24.3 Å². The van der Waals surface area contributed by atoms with Crippen molar-refractivity contribution in [2.75, 3.05) is 7.05 Å². The minimum absolute atomic E-state index is 0.0203. The molecule has 2 N–H and O–H groups in total. The number of carbonyl (C=O) groups is 1. The molecule has 1 aromatic carbocycles. The van der Waals surface area contributed by atoms with E-state index in [-0.39, 0.29) is 23.4 Å². The van der Waals surface area contributed by atoms with Crippen molar-refractivity contribution in [3.05, 3.63) is 35.4 Å². The van der Waals surface area contributed by atoms with E-state index < -0.39 is 0 Å². The van der Waals surface area contributed by atoms with Gasteiger partial charge in [-0.3, -0.25) is 10.1 Å². The minimum atomic E-state index is -0.204. The van der Waals surface area contributed by atoms with Gasteiger partial charge in [0.1, 0.15) is 0 Å². The number of rotatable bonds is 5. The molecule has 1 aromatic rings. The molecule has 2 atom stereocenters. The Labute approximate surface area is 129 Å². The van der Waals surface area contributed by atoms with Crippen LogP contribution >= 0.6 is 0 Å². The summed E-state index contributed by atoms with van der Waals surface area (Å²) in [7, 11) is 1.67. The number of likely N-dealkylation sites (N-methyl/N-ethyl adjacent to an activating group) is 1. The Morgan fingerprint density at radius 3 is 1.95 bits per heavy atom. The van der Waals surface area contributed by atoms with Gasteiger partial charge in [-0.05, 0) is 29.4 Å². The molecular weight excluding hydrogens is 260 g/mol. The largest absolute Gasteiger partial charge is 0.358 e. The summed E-state index contributed by atoms with van der Waals surface area (Å²) in [6.45, 7) is 12.9. The molecule has 0 saturated carbocycles. The first-order chi connectivity index (χ1) is 9.66. The van der Waals surface area contributed by atoms with Crippen LogP contribution in [-0.2, 0) is 10.2 Å². The zero-order valence-corrected chi connectivity index (χ0v) is 14.4. The fraction of sp³-hybridized carbons (Fsp3) is 0.611. The summed E-state index contributed by atoms with van der Waals surface area (Å²) in [6.07, 6.45) is 0. The summed E-state index contributed by atoms with van der Waals surface area (Å²) in [6, 6.07) is 8.70. The molecule has 0 bridgehead atoms. The van der Waals surface area contributed by atoms with E-state index >= 15 is 0 Å². The van der Waals surface area contributed by atoms with Gasteiger partial charge in [0, 0.05) is 13.1 Å². The maximum Gasteiger partial charge on any atom is 0.236 e. The molecule has 118 valence electrons. The molecule has 0 aliphatic carbocycles. The van der Waals surface area contributed by atoms with E-state index in [4.69, 9.17) is 0 Å². The lowest BCUT2D eigenvalue weighted by Crippen LogP contribution is -2.43. The zero-order valence-electron chi connectivity index (χ0n) is 14.4. The van der Waals surface area contributed by atoms with Crippen LogP contribution in [0, 0.1) is 5.92 Å². The highest BCUT2D eigenvalue weighted by molar-refractivity contribution is 5.81. The smallest absolute Gasteiger partial charge is 0.236 e. The van der Waals surface area contributed by atoms with Gasteiger partial charge >= 0.3 is 0 Å². The number of nitrogens with one attached hydrogen (secondary N) is 2. The van der Waals surface area contributed by atoms with Crippen LogP contribution in [0.2, 0.25) is 0 Å². The summed E-state index contributed by atoms with van der Waals surface area (Å²) >= 11 is 0. The first-order valence-electron chi connectivity index (χ1n) is 7.75. The Balaban J connectivity index is 2.94. The van der Waals surface area contributed by atoms with Gasteiger partial charge in [0.25, 0.3) is 0 Å². The van der Waals surface area contributed by atoms with E-state index in [2.05, 4.69) is 69.5 Å². The van der Waals surface area contributed by atoms with Gasteiger partial charge in [-0.25, -0.2) is 0 Å². The maximum atomic E-state index is 11.7. The lowest BCUT2D eigenvalue weighted by atomic mass is 9.85. The molecule has 0 heterocycles. The third kappa shape index (κ3) is 4.85. The van der Waals surface area contributed by atoms with Gasteiger partial charge in [0.15, 0.2) is 0 Å². The van der Waals surface area contributed by atoms with E-state index in [1.165, 1.54) is 11.1 Å². The molecule has 3 nitrogen and oxygen atoms in total.